The molecule has 0 fully saturated rings. The highest BCUT2D eigenvalue weighted by molar-refractivity contribution is 6.30. The van der Waals surface area contributed by atoms with Gasteiger partial charge in [-0.3, -0.25) is 4.79 Å². The Bertz CT molecular complexity index is 396. The number of nitrogens with two attached hydrogens (primary N) is 1. The number of carbonyl (C=O) groups is 1. The first-order valence-corrected chi connectivity index (χ1v) is 6.11. The third kappa shape index (κ3) is 4.84. The maximum atomic E-state index is 11.8. The van der Waals surface area contributed by atoms with E-state index in [4.69, 9.17) is 17.3 Å². The van der Waals surface area contributed by atoms with Gasteiger partial charge in [0.2, 0.25) is 5.91 Å². The second-order valence-electron chi connectivity index (χ2n) is 4.56. The molecule has 2 atom stereocenters. The van der Waals surface area contributed by atoms with Crippen LogP contribution in [0.25, 0.3) is 0 Å². The number of hydrogen-bond donors (Lipinski definition) is 2. The van der Waals surface area contributed by atoms with Crippen LogP contribution in [-0.4, -0.2) is 11.9 Å². The van der Waals surface area contributed by atoms with E-state index >= 15 is 0 Å². The molecule has 1 amide bonds. The van der Waals surface area contributed by atoms with Gasteiger partial charge in [0.1, 0.15) is 0 Å². The smallest absolute Gasteiger partial charge is 0.237 e. The van der Waals surface area contributed by atoms with E-state index in [1.165, 1.54) is 0 Å². The maximum absolute atomic E-state index is 11.8. The highest BCUT2D eigenvalue weighted by Crippen LogP contribution is 2.17. The molecule has 18 heavy (non-hydrogen) atoms. The molecule has 0 spiro atoms. The number of benzene rings is 1. The van der Waals surface area contributed by atoms with Crippen LogP contribution >= 0.6 is 24.0 Å². The standard InChI is InChI=1S/C13H19ClN2O.ClH/c1-8(2)12(15)13(17)16-9(3)10-5-4-6-11(14)7-10;/h4-9,12H,15H2,1-3H3,(H,16,17);1H/t9?,12-;/m1./s1. The van der Waals surface area contributed by atoms with Gasteiger partial charge < -0.3 is 11.1 Å². The van der Waals surface area contributed by atoms with Crippen molar-refractivity contribution in [2.75, 3.05) is 0 Å². The number of carbonyl (C=O) groups excluding carboxylic acids is 1. The van der Waals surface area contributed by atoms with E-state index in [0.717, 1.165) is 5.56 Å². The summed E-state index contributed by atoms with van der Waals surface area (Å²) in [5.41, 5.74) is 6.75. The number of nitrogens with one attached hydrogen (secondary N) is 1. The number of halogens is 2. The predicted molar refractivity (Wildman–Crippen MR) is 78.1 cm³/mol. The fourth-order valence-electron chi connectivity index (χ4n) is 1.47. The van der Waals surface area contributed by atoms with Crippen molar-refractivity contribution in [2.24, 2.45) is 11.7 Å². The fourth-order valence-corrected chi connectivity index (χ4v) is 1.67. The zero-order valence-corrected chi connectivity index (χ0v) is 12.4. The molecule has 1 aromatic carbocycles. The molecule has 1 unspecified atom stereocenters. The van der Waals surface area contributed by atoms with Crippen LogP contribution in [0.1, 0.15) is 32.4 Å². The normalized spacial score (nSPS) is 13.7. The molecule has 0 aromatic heterocycles. The summed E-state index contributed by atoms with van der Waals surface area (Å²) < 4.78 is 0. The third-order valence-electron chi connectivity index (χ3n) is 2.73. The van der Waals surface area contributed by atoms with Gasteiger partial charge in [-0.05, 0) is 30.5 Å². The summed E-state index contributed by atoms with van der Waals surface area (Å²) in [7, 11) is 0. The Morgan fingerprint density at radius 2 is 1.94 bits per heavy atom. The highest BCUT2D eigenvalue weighted by atomic mass is 35.5. The van der Waals surface area contributed by atoms with Crippen LogP contribution in [0.4, 0.5) is 0 Å². The van der Waals surface area contributed by atoms with Crippen molar-refractivity contribution in [3.63, 3.8) is 0 Å². The molecule has 3 N–H and O–H groups in total. The summed E-state index contributed by atoms with van der Waals surface area (Å²) in [4.78, 5) is 11.8. The summed E-state index contributed by atoms with van der Waals surface area (Å²) in [6, 6.07) is 6.87. The second-order valence-corrected chi connectivity index (χ2v) is 4.99. The van der Waals surface area contributed by atoms with Crippen LogP contribution in [0, 0.1) is 5.92 Å². The first-order chi connectivity index (χ1) is 7.91. The minimum absolute atomic E-state index is 0. The average Bonchev–Trinajstić information content (AvgIpc) is 2.27. The molecular weight excluding hydrogens is 271 g/mol. The summed E-state index contributed by atoms with van der Waals surface area (Å²) in [6.07, 6.45) is 0. The SMILES string of the molecule is CC(NC(=O)[C@H](N)C(C)C)c1cccc(Cl)c1.Cl. The molecule has 0 radical (unpaired) electrons. The molecular formula is C13H20Cl2N2O. The zero-order valence-electron chi connectivity index (χ0n) is 10.8. The topological polar surface area (TPSA) is 55.1 Å². The molecule has 0 aliphatic carbocycles. The van der Waals surface area contributed by atoms with Crippen LogP contribution in [0.2, 0.25) is 5.02 Å². The number of hydrogen-bond acceptors (Lipinski definition) is 2. The molecule has 0 aliphatic heterocycles. The minimum Gasteiger partial charge on any atom is -0.348 e. The van der Waals surface area contributed by atoms with Gasteiger partial charge in [-0.1, -0.05) is 37.6 Å². The molecule has 5 heteroatoms. The molecule has 102 valence electrons. The Kier molecular flexibility index (Phi) is 7.29. The first kappa shape index (κ1) is 17.2. The molecule has 1 rings (SSSR count). The van der Waals surface area contributed by atoms with Crippen LogP contribution in [0.3, 0.4) is 0 Å². The van der Waals surface area contributed by atoms with Crippen molar-refractivity contribution in [3.8, 4) is 0 Å². The van der Waals surface area contributed by atoms with Crippen molar-refractivity contribution < 1.29 is 4.79 Å². The highest BCUT2D eigenvalue weighted by Gasteiger charge is 2.19. The molecule has 0 saturated carbocycles. The van der Waals surface area contributed by atoms with Crippen molar-refractivity contribution in [1.29, 1.82) is 0 Å². The lowest BCUT2D eigenvalue weighted by Gasteiger charge is -2.20. The Balaban J connectivity index is 0.00000289. The van der Waals surface area contributed by atoms with Crippen LogP contribution in [0.5, 0.6) is 0 Å². The van der Waals surface area contributed by atoms with Crippen LogP contribution < -0.4 is 11.1 Å². The zero-order chi connectivity index (χ0) is 13.0. The van der Waals surface area contributed by atoms with E-state index in [-0.39, 0.29) is 30.3 Å². The van der Waals surface area contributed by atoms with Crippen molar-refractivity contribution in [3.05, 3.63) is 34.9 Å². The van der Waals surface area contributed by atoms with Gasteiger partial charge in [0.15, 0.2) is 0 Å². The summed E-state index contributed by atoms with van der Waals surface area (Å²) in [6.45, 7) is 5.76. The molecule has 0 aliphatic rings. The molecule has 3 nitrogen and oxygen atoms in total. The lowest BCUT2D eigenvalue weighted by Crippen LogP contribution is -2.44. The van der Waals surface area contributed by atoms with E-state index < -0.39 is 6.04 Å². The largest absolute Gasteiger partial charge is 0.348 e. The van der Waals surface area contributed by atoms with Gasteiger partial charge in [0.25, 0.3) is 0 Å². The van der Waals surface area contributed by atoms with Crippen molar-refractivity contribution >= 4 is 29.9 Å². The van der Waals surface area contributed by atoms with Gasteiger partial charge in [0.05, 0.1) is 12.1 Å². The molecule has 0 bridgehead atoms. The van der Waals surface area contributed by atoms with E-state index in [9.17, 15) is 4.79 Å². The van der Waals surface area contributed by atoms with Gasteiger partial charge in [0, 0.05) is 5.02 Å². The van der Waals surface area contributed by atoms with Crippen molar-refractivity contribution in [1.82, 2.24) is 5.32 Å². The summed E-state index contributed by atoms with van der Waals surface area (Å²) >= 11 is 5.90. The first-order valence-electron chi connectivity index (χ1n) is 5.73. The van der Waals surface area contributed by atoms with E-state index in [2.05, 4.69) is 5.32 Å². The quantitative estimate of drug-likeness (QED) is 0.896. The lowest BCUT2D eigenvalue weighted by atomic mass is 10.0. The monoisotopic (exact) mass is 290 g/mol. The molecule has 0 heterocycles. The van der Waals surface area contributed by atoms with E-state index in [0.29, 0.717) is 5.02 Å². The van der Waals surface area contributed by atoms with Crippen LogP contribution in [0.15, 0.2) is 24.3 Å². The Morgan fingerprint density at radius 3 is 2.44 bits per heavy atom. The maximum Gasteiger partial charge on any atom is 0.237 e. The second kappa shape index (κ2) is 7.62. The van der Waals surface area contributed by atoms with E-state index in [1.807, 2.05) is 39.0 Å². The van der Waals surface area contributed by atoms with Crippen LogP contribution in [-0.2, 0) is 4.79 Å². The fraction of sp³-hybridized carbons (Fsp3) is 0.462. The van der Waals surface area contributed by atoms with Gasteiger partial charge in [-0.2, -0.15) is 0 Å². The molecule has 1 aromatic rings. The molecule has 0 saturated heterocycles. The third-order valence-corrected chi connectivity index (χ3v) is 2.96. The Labute approximate surface area is 119 Å². The van der Waals surface area contributed by atoms with Crippen molar-refractivity contribution in [2.45, 2.75) is 32.9 Å². The van der Waals surface area contributed by atoms with E-state index in [1.54, 1.807) is 6.07 Å². The predicted octanol–water partition coefficient (Wildman–Crippen LogP) is 2.92. The van der Waals surface area contributed by atoms with Gasteiger partial charge in [-0.25, -0.2) is 0 Å². The number of rotatable bonds is 4. The summed E-state index contributed by atoms with van der Waals surface area (Å²) in [5.74, 6) is -0.00552. The van der Waals surface area contributed by atoms with Gasteiger partial charge in [-0.15, -0.1) is 12.4 Å². The van der Waals surface area contributed by atoms with Gasteiger partial charge >= 0.3 is 0 Å². The lowest BCUT2D eigenvalue weighted by molar-refractivity contribution is -0.123. The Morgan fingerprint density at radius 1 is 1.33 bits per heavy atom. The minimum atomic E-state index is -0.475. The Hall–Kier alpha value is -0.770. The number of amides is 1. The average molecular weight is 291 g/mol. The summed E-state index contributed by atoms with van der Waals surface area (Å²) in [5, 5.41) is 3.55.